The topological polar surface area (TPSA) is 124 Å². The van der Waals surface area contributed by atoms with Gasteiger partial charge in [-0.1, -0.05) is 0 Å². The van der Waals surface area contributed by atoms with Crippen LogP contribution in [0.4, 0.5) is 0 Å². The summed E-state index contributed by atoms with van der Waals surface area (Å²) in [5.74, 6) is -4.31. The standard InChI is InChI=1S/C20H35N3O8/c1-5-28-17(24)15(18(25)29-6-2)9-11-22-13-21-23(14-22)12-10-16(19(26)30-7-3)20(27)31-8-4/h15-16,21H,5-14H2,1-4H3. The lowest BCUT2D eigenvalue weighted by atomic mass is 10.1. The Morgan fingerprint density at radius 3 is 1.48 bits per heavy atom. The fourth-order valence-corrected chi connectivity index (χ4v) is 3.07. The summed E-state index contributed by atoms with van der Waals surface area (Å²) in [6.07, 6.45) is 0.508. The molecule has 11 nitrogen and oxygen atoms in total. The fraction of sp³-hybridized carbons (Fsp3) is 0.800. The second kappa shape index (κ2) is 14.7. The Morgan fingerprint density at radius 1 is 0.710 bits per heavy atom. The van der Waals surface area contributed by atoms with Crippen molar-refractivity contribution in [3.05, 3.63) is 0 Å². The van der Waals surface area contributed by atoms with Gasteiger partial charge < -0.3 is 18.9 Å². The predicted molar refractivity (Wildman–Crippen MR) is 109 cm³/mol. The third kappa shape index (κ3) is 9.19. The highest BCUT2D eigenvalue weighted by Crippen LogP contribution is 2.14. The zero-order valence-electron chi connectivity index (χ0n) is 18.9. The minimum atomic E-state index is -0.979. The molecule has 0 bridgehead atoms. The van der Waals surface area contributed by atoms with E-state index in [0.29, 0.717) is 26.4 Å². The maximum atomic E-state index is 12.1. The van der Waals surface area contributed by atoms with Crippen LogP contribution in [-0.4, -0.2) is 86.6 Å². The Hall–Kier alpha value is -2.24. The molecule has 1 heterocycles. The number of hydrogen-bond acceptors (Lipinski definition) is 11. The molecule has 0 amide bonds. The van der Waals surface area contributed by atoms with Gasteiger partial charge in [0.25, 0.3) is 0 Å². The van der Waals surface area contributed by atoms with Crippen LogP contribution in [0.1, 0.15) is 40.5 Å². The van der Waals surface area contributed by atoms with Crippen LogP contribution in [0.5, 0.6) is 0 Å². The van der Waals surface area contributed by atoms with Gasteiger partial charge in [0.1, 0.15) is 0 Å². The molecule has 0 aliphatic carbocycles. The highest BCUT2D eigenvalue weighted by molar-refractivity contribution is 5.95. The number of hydrogen-bond donors (Lipinski definition) is 1. The average molecular weight is 446 g/mol. The second-order valence-electron chi connectivity index (χ2n) is 6.81. The molecule has 1 aliphatic rings. The average Bonchev–Trinajstić information content (AvgIpc) is 3.17. The Labute approximate surface area is 183 Å². The van der Waals surface area contributed by atoms with E-state index in [2.05, 4.69) is 5.43 Å². The van der Waals surface area contributed by atoms with E-state index >= 15 is 0 Å². The number of esters is 4. The lowest BCUT2D eigenvalue weighted by Crippen LogP contribution is -2.37. The lowest BCUT2D eigenvalue weighted by Gasteiger charge is -2.20. The van der Waals surface area contributed by atoms with Gasteiger partial charge >= 0.3 is 23.9 Å². The number of nitrogens with zero attached hydrogens (tertiary/aromatic N) is 2. The summed E-state index contributed by atoms with van der Waals surface area (Å²) in [6, 6.07) is 0. The monoisotopic (exact) mass is 445 g/mol. The van der Waals surface area contributed by atoms with Crippen molar-refractivity contribution >= 4 is 23.9 Å². The molecule has 0 radical (unpaired) electrons. The number of carbonyl (C=O) groups is 4. The molecular weight excluding hydrogens is 410 g/mol. The zero-order chi connectivity index (χ0) is 23.2. The molecule has 0 unspecified atom stereocenters. The van der Waals surface area contributed by atoms with Crippen molar-refractivity contribution in [2.24, 2.45) is 11.8 Å². The van der Waals surface area contributed by atoms with Gasteiger partial charge in [0, 0.05) is 13.1 Å². The number of hydrazine groups is 1. The van der Waals surface area contributed by atoms with E-state index in [1.165, 1.54) is 0 Å². The van der Waals surface area contributed by atoms with Crippen LogP contribution in [0.2, 0.25) is 0 Å². The Morgan fingerprint density at radius 2 is 1.10 bits per heavy atom. The van der Waals surface area contributed by atoms with Gasteiger partial charge in [-0.25, -0.2) is 10.4 Å². The van der Waals surface area contributed by atoms with Gasteiger partial charge in [0.2, 0.25) is 0 Å². The molecule has 0 atom stereocenters. The maximum Gasteiger partial charge on any atom is 0.320 e. The normalized spacial score (nSPS) is 14.6. The first-order chi connectivity index (χ1) is 14.9. The lowest BCUT2D eigenvalue weighted by molar-refractivity contribution is -0.163. The van der Waals surface area contributed by atoms with Crippen molar-refractivity contribution < 1.29 is 38.1 Å². The van der Waals surface area contributed by atoms with Gasteiger partial charge in [-0.15, -0.1) is 0 Å². The van der Waals surface area contributed by atoms with Gasteiger partial charge in [0.05, 0.1) is 39.8 Å². The molecule has 1 N–H and O–H groups in total. The molecule has 0 spiro atoms. The second-order valence-corrected chi connectivity index (χ2v) is 6.81. The number of rotatable bonds is 14. The summed E-state index contributed by atoms with van der Waals surface area (Å²) < 4.78 is 19.9. The molecule has 0 saturated carbocycles. The Bertz CT molecular complexity index is 515. The third-order valence-electron chi connectivity index (χ3n) is 4.59. The highest BCUT2D eigenvalue weighted by atomic mass is 16.6. The van der Waals surface area contributed by atoms with Crippen molar-refractivity contribution in [3.8, 4) is 0 Å². The minimum Gasteiger partial charge on any atom is -0.465 e. The van der Waals surface area contributed by atoms with E-state index < -0.39 is 35.7 Å². The van der Waals surface area contributed by atoms with Gasteiger partial charge in [-0.05, 0) is 40.5 Å². The summed E-state index contributed by atoms with van der Waals surface area (Å²) in [5.41, 5.74) is 3.16. The largest absolute Gasteiger partial charge is 0.465 e. The van der Waals surface area contributed by atoms with Crippen molar-refractivity contribution in [1.29, 1.82) is 0 Å². The fourth-order valence-electron chi connectivity index (χ4n) is 3.07. The molecule has 1 saturated heterocycles. The Balaban J connectivity index is 2.55. The minimum absolute atomic E-state index is 0.187. The molecule has 11 heteroatoms. The molecular formula is C20H35N3O8. The van der Waals surface area contributed by atoms with Crippen LogP contribution >= 0.6 is 0 Å². The number of carbonyl (C=O) groups excluding carboxylic acids is 4. The molecule has 1 fully saturated rings. The molecule has 178 valence electrons. The maximum absolute atomic E-state index is 12.1. The highest BCUT2D eigenvalue weighted by Gasteiger charge is 2.33. The van der Waals surface area contributed by atoms with Gasteiger partial charge in [0.15, 0.2) is 11.8 Å². The summed E-state index contributed by atoms with van der Waals surface area (Å²) in [7, 11) is 0. The van der Waals surface area contributed by atoms with Crippen LogP contribution in [-0.2, 0) is 38.1 Å². The van der Waals surface area contributed by atoms with E-state index in [4.69, 9.17) is 18.9 Å². The van der Waals surface area contributed by atoms with E-state index in [1.54, 1.807) is 27.7 Å². The molecule has 0 aromatic carbocycles. The molecule has 1 rings (SSSR count). The van der Waals surface area contributed by atoms with E-state index in [0.717, 1.165) is 0 Å². The number of ether oxygens (including phenoxy) is 4. The third-order valence-corrected chi connectivity index (χ3v) is 4.59. The summed E-state index contributed by atoms with van der Waals surface area (Å²) in [5, 5.41) is 1.86. The smallest absolute Gasteiger partial charge is 0.320 e. The van der Waals surface area contributed by atoms with Crippen molar-refractivity contribution in [3.63, 3.8) is 0 Å². The summed E-state index contributed by atoms with van der Waals surface area (Å²) in [6.45, 7) is 9.36. The van der Waals surface area contributed by atoms with Crippen LogP contribution in [0, 0.1) is 11.8 Å². The SMILES string of the molecule is CCOC(=O)C(CCN1CNN(CCC(C(=O)OCC)C(=O)OCC)C1)C(=O)OCC. The van der Waals surface area contributed by atoms with Crippen LogP contribution in [0.25, 0.3) is 0 Å². The zero-order valence-corrected chi connectivity index (χ0v) is 18.9. The van der Waals surface area contributed by atoms with E-state index in [1.807, 2.05) is 9.91 Å². The predicted octanol–water partition coefficient (Wildman–Crippen LogP) is 0.289. The molecule has 0 aromatic heterocycles. The van der Waals surface area contributed by atoms with Crippen molar-refractivity contribution in [1.82, 2.24) is 15.3 Å². The van der Waals surface area contributed by atoms with Crippen LogP contribution < -0.4 is 5.43 Å². The quantitative estimate of drug-likeness (QED) is 0.225. The van der Waals surface area contributed by atoms with Crippen LogP contribution in [0.15, 0.2) is 0 Å². The molecule has 0 aromatic rings. The number of nitrogens with one attached hydrogen (secondary N) is 1. The van der Waals surface area contributed by atoms with Crippen LogP contribution in [0.3, 0.4) is 0 Å². The molecule has 31 heavy (non-hydrogen) atoms. The van der Waals surface area contributed by atoms with Gasteiger partial charge in [-0.3, -0.25) is 24.1 Å². The Kier molecular flexibility index (Phi) is 12.7. The first-order valence-corrected chi connectivity index (χ1v) is 10.7. The van der Waals surface area contributed by atoms with E-state index in [-0.39, 0.29) is 39.3 Å². The first kappa shape index (κ1) is 26.8. The van der Waals surface area contributed by atoms with E-state index in [9.17, 15) is 19.2 Å². The van der Waals surface area contributed by atoms with Crippen molar-refractivity contribution in [2.75, 3.05) is 52.9 Å². The summed E-state index contributed by atoms with van der Waals surface area (Å²) in [4.78, 5) is 50.3. The van der Waals surface area contributed by atoms with Crippen molar-refractivity contribution in [2.45, 2.75) is 40.5 Å². The first-order valence-electron chi connectivity index (χ1n) is 10.7. The van der Waals surface area contributed by atoms with Gasteiger partial charge in [-0.2, -0.15) is 0 Å². The molecule has 1 aliphatic heterocycles. The summed E-state index contributed by atoms with van der Waals surface area (Å²) >= 11 is 0.